The molecule has 3 heterocycles. The van der Waals surface area contributed by atoms with E-state index in [2.05, 4.69) is 26.5 Å². The molecule has 47 heavy (non-hydrogen) atoms. The average molecular weight is 704 g/mol. The van der Waals surface area contributed by atoms with Gasteiger partial charge in [0.05, 0.1) is 23.3 Å². The van der Waals surface area contributed by atoms with Crippen molar-refractivity contribution in [1.82, 2.24) is 29.0 Å². The summed E-state index contributed by atoms with van der Waals surface area (Å²) in [6.45, 7) is 3.40. The molecule has 2 aromatic carbocycles. The molecular formula is C30H31F2N7O5S3. The monoisotopic (exact) mass is 703 g/mol. The van der Waals surface area contributed by atoms with Crippen LogP contribution in [0.4, 0.5) is 8.78 Å². The molecule has 1 aliphatic heterocycles. The number of aromatic amines is 1. The Kier molecular flexibility index (Phi) is 8.68. The summed E-state index contributed by atoms with van der Waals surface area (Å²) in [7, 11) is -6.35. The van der Waals surface area contributed by atoms with Gasteiger partial charge in [-0.15, -0.1) is 10.2 Å². The lowest BCUT2D eigenvalue weighted by Gasteiger charge is -2.28. The Hall–Kier alpha value is -3.82. The molecule has 4 aromatic rings. The van der Waals surface area contributed by atoms with Crippen LogP contribution >= 0.6 is 11.3 Å². The molecule has 0 saturated heterocycles. The molecule has 0 atom stereocenters. The van der Waals surface area contributed by atoms with Gasteiger partial charge in [-0.1, -0.05) is 29.5 Å². The Morgan fingerprint density at radius 1 is 1.15 bits per heavy atom. The first kappa shape index (κ1) is 33.1. The molecule has 2 aromatic heterocycles. The zero-order chi connectivity index (χ0) is 33.7. The SMILES string of the molecule is COc1ccc(CN(C2(C#N)CC2)S(=O)(=O)c2cc(C3=CCN(S(=O)(=O)C(C)C)CC3)c3n[nH]c(-c4nnc(C(F)F)s4)c3c2)cc1. The summed E-state index contributed by atoms with van der Waals surface area (Å²) >= 11 is 0.658. The van der Waals surface area contributed by atoms with Crippen LogP contribution in [-0.4, -0.2) is 76.8 Å². The van der Waals surface area contributed by atoms with E-state index in [-0.39, 0.29) is 41.7 Å². The number of rotatable bonds is 11. The largest absolute Gasteiger partial charge is 0.497 e. The summed E-state index contributed by atoms with van der Waals surface area (Å²) in [6, 6.07) is 12.0. The van der Waals surface area contributed by atoms with E-state index in [0.29, 0.717) is 57.5 Å². The maximum atomic E-state index is 14.6. The number of fused-ring (bicyclic) bond motifs is 1. The average Bonchev–Trinajstić information content (AvgIpc) is 3.46. The lowest BCUT2D eigenvalue weighted by Crippen LogP contribution is -2.40. The summed E-state index contributed by atoms with van der Waals surface area (Å²) in [5.41, 5.74) is 1.10. The number of nitriles is 1. The quantitative estimate of drug-likeness (QED) is 0.224. The zero-order valence-electron chi connectivity index (χ0n) is 25.6. The third-order valence-electron chi connectivity index (χ3n) is 8.43. The molecule has 0 amide bonds. The van der Waals surface area contributed by atoms with Crippen LogP contribution in [0, 0.1) is 11.3 Å². The van der Waals surface area contributed by atoms with Crippen molar-refractivity contribution in [2.75, 3.05) is 20.2 Å². The van der Waals surface area contributed by atoms with Crippen LogP contribution in [0.3, 0.4) is 0 Å². The van der Waals surface area contributed by atoms with Crippen molar-refractivity contribution < 1.29 is 30.4 Å². The third-order valence-corrected chi connectivity index (χ3v) is 13.5. The standard InChI is InChI=1S/C30H31F2N7O5S3/c1-18(2)46(40,41)38-12-8-20(9-13-38)23-14-22(15-24-25(23)34-35-26(24)28-36-37-29(45-28)27(31)32)47(42,43)39(30(17-33)10-11-30)16-19-4-6-21(44-3)7-5-19/h4-8,14-15,18,27H,9-13,16H2,1-3H3,(H,34,35). The van der Waals surface area contributed by atoms with Crippen molar-refractivity contribution in [3.63, 3.8) is 0 Å². The van der Waals surface area contributed by atoms with Crippen molar-refractivity contribution in [1.29, 1.82) is 5.26 Å². The summed E-state index contributed by atoms with van der Waals surface area (Å²) in [4.78, 5) is -0.130. The van der Waals surface area contributed by atoms with Gasteiger partial charge in [0.2, 0.25) is 20.0 Å². The van der Waals surface area contributed by atoms with Gasteiger partial charge in [0, 0.05) is 30.6 Å². The molecule has 2 aliphatic rings. The molecule has 0 bridgehead atoms. The third kappa shape index (κ3) is 6.04. The Balaban J connectivity index is 1.50. The number of sulfonamides is 2. The molecule has 0 unspecified atom stereocenters. The van der Waals surface area contributed by atoms with Crippen LogP contribution < -0.4 is 4.74 Å². The number of nitrogens with zero attached hydrogens (tertiary/aromatic N) is 6. The fourth-order valence-electron chi connectivity index (χ4n) is 5.52. The summed E-state index contributed by atoms with van der Waals surface area (Å²) < 4.78 is 89.4. The Morgan fingerprint density at radius 2 is 1.87 bits per heavy atom. The summed E-state index contributed by atoms with van der Waals surface area (Å²) in [5.74, 6) is 0.597. The summed E-state index contributed by atoms with van der Waals surface area (Å²) in [6.07, 6.45) is -0.116. The van der Waals surface area contributed by atoms with Gasteiger partial charge in [-0.3, -0.25) is 5.10 Å². The maximum Gasteiger partial charge on any atom is 0.291 e. The van der Waals surface area contributed by atoms with Crippen molar-refractivity contribution in [3.05, 3.63) is 58.6 Å². The fraction of sp³-hybridized carbons (Fsp3) is 0.400. The van der Waals surface area contributed by atoms with E-state index in [1.54, 1.807) is 44.2 Å². The van der Waals surface area contributed by atoms with Crippen LogP contribution in [-0.2, 0) is 26.6 Å². The molecule has 6 rings (SSSR count). The van der Waals surface area contributed by atoms with Crippen LogP contribution in [0.15, 0.2) is 47.4 Å². The van der Waals surface area contributed by atoms with Gasteiger partial charge in [0.25, 0.3) is 6.43 Å². The molecule has 17 heteroatoms. The normalized spacial score (nSPS) is 17.0. The van der Waals surface area contributed by atoms with E-state index in [0.717, 1.165) is 0 Å². The smallest absolute Gasteiger partial charge is 0.291 e. The van der Waals surface area contributed by atoms with Crippen LogP contribution in [0.1, 0.15) is 55.7 Å². The number of H-pyrrole nitrogens is 1. The number of ether oxygens (including phenoxy) is 1. The second-order valence-electron chi connectivity index (χ2n) is 11.6. The Labute approximate surface area is 274 Å². The van der Waals surface area contributed by atoms with Crippen LogP contribution in [0.2, 0.25) is 0 Å². The first-order valence-corrected chi connectivity index (χ1v) is 18.5. The van der Waals surface area contributed by atoms with E-state index in [1.807, 2.05) is 0 Å². The van der Waals surface area contributed by atoms with Gasteiger partial charge in [0.15, 0.2) is 10.0 Å². The van der Waals surface area contributed by atoms with Gasteiger partial charge in [0.1, 0.15) is 22.5 Å². The lowest BCUT2D eigenvalue weighted by molar-refractivity contribution is 0.150. The predicted octanol–water partition coefficient (Wildman–Crippen LogP) is 5.10. The van der Waals surface area contributed by atoms with Crippen molar-refractivity contribution in [2.45, 2.75) is 61.8 Å². The highest BCUT2D eigenvalue weighted by atomic mass is 32.2. The molecule has 1 N–H and O–H groups in total. The number of benzene rings is 2. The Morgan fingerprint density at radius 3 is 2.43 bits per heavy atom. The van der Waals surface area contributed by atoms with Gasteiger partial charge in [-0.2, -0.15) is 19.0 Å². The second kappa shape index (κ2) is 12.3. The number of hydrogen-bond acceptors (Lipinski definition) is 10. The van der Waals surface area contributed by atoms with E-state index >= 15 is 0 Å². The van der Waals surface area contributed by atoms with E-state index < -0.39 is 42.3 Å². The second-order valence-corrected chi connectivity index (χ2v) is 17.0. The van der Waals surface area contributed by atoms with Gasteiger partial charge in [-0.25, -0.2) is 25.6 Å². The van der Waals surface area contributed by atoms with Crippen LogP contribution in [0.25, 0.3) is 27.2 Å². The molecule has 1 fully saturated rings. The number of alkyl halides is 2. The molecule has 0 spiro atoms. The predicted molar refractivity (Wildman–Crippen MR) is 171 cm³/mol. The van der Waals surface area contributed by atoms with Crippen molar-refractivity contribution in [3.8, 4) is 22.5 Å². The molecule has 248 valence electrons. The first-order valence-electron chi connectivity index (χ1n) is 14.7. The minimum atomic E-state index is -4.35. The van der Waals surface area contributed by atoms with E-state index in [4.69, 9.17) is 4.74 Å². The highest BCUT2D eigenvalue weighted by Crippen LogP contribution is 2.46. The molecule has 12 nitrogen and oxygen atoms in total. The topological polar surface area (TPSA) is 162 Å². The lowest BCUT2D eigenvalue weighted by atomic mass is 9.97. The minimum Gasteiger partial charge on any atom is -0.497 e. The molecule has 0 radical (unpaired) electrons. The highest BCUT2D eigenvalue weighted by molar-refractivity contribution is 7.89. The highest BCUT2D eigenvalue weighted by Gasteiger charge is 2.54. The first-order chi connectivity index (χ1) is 22.3. The fourth-order valence-corrected chi connectivity index (χ4v) is 9.24. The zero-order valence-corrected chi connectivity index (χ0v) is 28.1. The van der Waals surface area contributed by atoms with Gasteiger partial charge in [-0.05, 0) is 68.5 Å². The van der Waals surface area contributed by atoms with Gasteiger partial charge >= 0.3 is 0 Å². The molecule has 1 aliphatic carbocycles. The van der Waals surface area contributed by atoms with E-state index in [1.165, 1.54) is 27.9 Å². The van der Waals surface area contributed by atoms with Crippen molar-refractivity contribution in [2.24, 2.45) is 0 Å². The summed E-state index contributed by atoms with van der Waals surface area (Å²) in [5, 5.41) is 24.2. The molecular weight excluding hydrogens is 673 g/mol. The molecule has 1 saturated carbocycles. The number of nitrogens with one attached hydrogen (secondary N) is 1. The number of halogens is 2. The van der Waals surface area contributed by atoms with Crippen LogP contribution in [0.5, 0.6) is 5.75 Å². The minimum absolute atomic E-state index is 0.0790. The maximum absolute atomic E-state index is 14.6. The van der Waals surface area contributed by atoms with Gasteiger partial charge < -0.3 is 4.74 Å². The van der Waals surface area contributed by atoms with Crippen molar-refractivity contribution >= 4 is 47.9 Å². The van der Waals surface area contributed by atoms with E-state index in [9.17, 15) is 30.9 Å². The number of hydrogen-bond donors (Lipinski definition) is 1. The Bertz CT molecular complexity index is 2120. The number of methoxy groups -OCH3 is 1. The number of aromatic nitrogens is 4.